The molecule has 3 N–H and O–H groups in total. The molecular weight excluding hydrogens is 259 g/mol. The number of rotatable bonds is 4. The lowest BCUT2D eigenvalue weighted by molar-refractivity contribution is -0.118. The fourth-order valence-corrected chi connectivity index (χ4v) is 2.83. The second-order valence-electron chi connectivity index (χ2n) is 4.28. The maximum absolute atomic E-state index is 13.0. The molecule has 1 aromatic carbocycles. The summed E-state index contributed by atoms with van der Waals surface area (Å²) in [6.45, 7) is 0. The van der Waals surface area contributed by atoms with Crippen molar-refractivity contribution < 1.29 is 17.6 Å². The molecule has 1 aromatic rings. The summed E-state index contributed by atoms with van der Waals surface area (Å²) in [4.78, 5) is 11.1. The molecular formula is C11H13FN2O3S. The number of hydrogen-bond donors (Lipinski definition) is 2. The zero-order valence-electron chi connectivity index (χ0n) is 9.52. The zero-order valence-corrected chi connectivity index (χ0v) is 10.3. The normalized spacial score (nSPS) is 15.4. The number of nitrogen functional groups attached to an aromatic ring is 1. The lowest BCUT2D eigenvalue weighted by Crippen LogP contribution is -2.32. The monoisotopic (exact) mass is 272 g/mol. The van der Waals surface area contributed by atoms with Crippen LogP contribution in [0.2, 0.25) is 0 Å². The summed E-state index contributed by atoms with van der Waals surface area (Å²) >= 11 is 0. The number of halogens is 1. The summed E-state index contributed by atoms with van der Waals surface area (Å²) in [5.41, 5.74) is 5.43. The van der Waals surface area contributed by atoms with E-state index in [9.17, 15) is 17.6 Å². The smallest absolute Gasteiger partial charge is 0.235 e. The Hall–Kier alpha value is -1.63. The molecule has 0 aromatic heterocycles. The average Bonchev–Trinajstić information content (AvgIpc) is 3.04. The molecule has 0 aliphatic heterocycles. The Morgan fingerprint density at radius 1 is 1.44 bits per heavy atom. The quantitative estimate of drug-likeness (QED) is 0.779. The van der Waals surface area contributed by atoms with Crippen LogP contribution in [0.5, 0.6) is 0 Å². The highest BCUT2D eigenvalue weighted by molar-refractivity contribution is 7.92. The minimum Gasteiger partial charge on any atom is -0.398 e. The zero-order chi connectivity index (χ0) is 13.3. The van der Waals surface area contributed by atoms with Crippen molar-refractivity contribution in [2.75, 3.05) is 11.5 Å². The molecule has 0 atom stereocenters. The highest BCUT2D eigenvalue weighted by atomic mass is 32.2. The number of anilines is 1. The van der Waals surface area contributed by atoms with Crippen molar-refractivity contribution in [2.24, 2.45) is 0 Å². The molecule has 1 fully saturated rings. The van der Waals surface area contributed by atoms with Gasteiger partial charge in [-0.1, -0.05) is 0 Å². The summed E-state index contributed by atoms with van der Waals surface area (Å²) in [5.74, 6) is -2.00. The number of amides is 1. The van der Waals surface area contributed by atoms with E-state index in [1.165, 1.54) is 6.07 Å². The van der Waals surface area contributed by atoms with E-state index in [1.807, 2.05) is 0 Å². The summed E-state index contributed by atoms with van der Waals surface area (Å²) in [7, 11) is -3.91. The van der Waals surface area contributed by atoms with Crippen LogP contribution in [0.15, 0.2) is 23.1 Å². The first-order valence-electron chi connectivity index (χ1n) is 5.45. The number of hydrogen-bond acceptors (Lipinski definition) is 4. The van der Waals surface area contributed by atoms with Crippen LogP contribution in [0.25, 0.3) is 0 Å². The van der Waals surface area contributed by atoms with Crippen LogP contribution in [-0.2, 0) is 14.6 Å². The maximum Gasteiger partial charge on any atom is 0.235 e. The van der Waals surface area contributed by atoms with Crippen molar-refractivity contribution in [3.05, 3.63) is 24.0 Å². The molecule has 7 heteroatoms. The number of sulfone groups is 1. The van der Waals surface area contributed by atoms with Gasteiger partial charge in [0.1, 0.15) is 11.6 Å². The van der Waals surface area contributed by atoms with Gasteiger partial charge in [0.2, 0.25) is 5.91 Å². The molecule has 18 heavy (non-hydrogen) atoms. The van der Waals surface area contributed by atoms with E-state index in [2.05, 4.69) is 5.32 Å². The molecule has 0 spiro atoms. The Morgan fingerprint density at radius 2 is 2.11 bits per heavy atom. The minimum atomic E-state index is -3.91. The Bertz CT molecular complexity index is 582. The predicted molar refractivity (Wildman–Crippen MR) is 64.0 cm³/mol. The van der Waals surface area contributed by atoms with E-state index in [-0.39, 0.29) is 16.6 Å². The van der Waals surface area contributed by atoms with Crippen LogP contribution in [0, 0.1) is 5.82 Å². The Kier molecular flexibility index (Phi) is 3.25. The summed E-state index contributed by atoms with van der Waals surface area (Å²) in [5, 5.41) is 2.56. The molecule has 1 aliphatic rings. The molecule has 0 unspecified atom stereocenters. The van der Waals surface area contributed by atoms with Crippen LogP contribution in [-0.4, -0.2) is 26.1 Å². The average molecular weight is 272 g/mol. The number of nitrogens with one attached hydrogen (secondary N) is 1. The molecule has 0 radical (unpaired) electrons. The van der Waals surface area contributed by atoms with Crippen molar-refractivity contribution in [3.63, 3.8) is 0 Å². The van der Waals surface area contributed by atoms with E-state index >= 15 is 0 Å². The first-order chi connectivity index (χ1) is 8.38. The lowest BCUT2D eigenvalue weighted by atomic mass is 10.3. The summed E-state index contributed by atoms with van der Waals surface area (Å²) < 4.78 is 36.8. The van der Waals surface area contributed by atoms with Gasteiger partial charge in [0, 0.05) is 6.04 Å². The third kappa shape index (κ3) is 2.98. The highest BCUT2D eigenvalue weighted by Gasteiger charge is 2.27. The summed E-state index contributed by atoms with van der Waals surface area (Å²) in [6.07, 6.45) is 1.74. The second-order valence-corrected chi connectivity index (χ2v) is 6.24. The number of carbonyl (C=O) groups excluding carboxylic acids is 1. The van der Waals surface area contributed by atoms with Crippen molar-refractivity contribution in [3.8, 4) is 0 Å². The molecule has 1 aliphatic carbocycles. The molecule has 98 valence electrons. The van der Waals surface area contributed by atoms with E-state index in [0.29, 0.717) is 0 Å². The molecule has 5 nitrogen and oxygen atoms in total. The molecule has 1 amide bonds. The third-order valence-electron chi connectivity index (χ3n) is 2.57. The molecule has 1 saturated carbocycles. The van der Waals surface area contributed by atoms with Gasteiger partial charge in [0.25, 0.3) is 0 Å². The van der Waals surface area contributed by atoms with Gasteiger partial charge in [-0.2, -0.15) is 0 Å². The number of benzene rings is 1. The van der Waals surface area contributed by atoms with E-state index < -0.39 is 27.3 Å². The van der Waals surface area contributed by atoms with Gasteiger partial charge in [-0.15, -0.1) is 0 Å². The van der Waals surface area contributed by atoms with Gasteiger partial charge in [0.05, 0.1) is 10.6 Å². The van der Waals surface area contributed by atoms with Gasteiger partial charge in [0.15, 0.2) is 9.84 Å². The van der Waals surface area contributed by atoms with Gasteiger partial charge < -0.3 is 11.1 Å². The van der Waals surface area contributed by atoms with E-state index in [1.54, 1.807) is 0 Å². The Balaban J connectivity index is 2.18. The molecule has 0 heterocycles. The van der Waals surface area contributed by atoms with Crippen LogP contribution in [0.3, 0.4) is 0 Å². The highest BCUT2D eigenvalue weighted by Crippen LogP contribution is 2.22. The van der Waals surface area contributed by atoms with E-state index in [4.69, 9.17) is 5.73 Å². The van der Waals surface area contributed by atoms with Gasteiger partial charge in [-0.3, -0.25) is 4.79 Å². The lowest BCUT2D eigenvalue weighted by Gasteiger charge is -2.07. The van der Waals surface area contributed by atoms with Gasteiger partial charge in [-0.25, -0.2) is 12.8 Å². The van der Waals surface area contributed by atoms with Gasteiger partial charge in [-0.05, 0) is 31.0 Å². The first-order valence-corrected chi connectivity index (χ1v) is 7.11. The second kappa shape index (κ2) is 4.56. The van der Waals surface area contributed by atoms with E-state index in [0.717, 1.165) is 25.0 Å². The van der Waals surface area contributed by atoms with Crippen molar-refractivity contribution in [1.29, 1.82) is 0 Å². The molecule has 0 saturated heterocycles. The topological polar surface area (TPSA) is 89.3 Å². The fourth-order valence-electron chi connectivity index (χ4n) is 1.52. The minimum absolute atomic E-state index is 0.0596. The third-order valence-corrected chi connectivity index (χ3v) is 4.24. The molecule has 0 bridgehead atoms. The van der Waals surface area contributed by atoms with Crippen LogP contribution in [0.4, 0.5) is 10.1 Å². The standard InChI is InChI=1S/C11H13FN2O3S/c12-7-1-4-9(13)10(5-7)18(16,17)6-11(15)14-8-2-3-8/h1,4-5,8H,2-3,6,13H2,(H,14,15). The number of carbonyl (C=O) groups is 1. The SMILES string of the molecule is Nc1ccc(F)cc1S(=O)(=O)CC(=O)NC1CC1. The molecule has 2 rings (SSSR count). The van der Waals surface area contributed by atoms with Crippen molar-refractivity contribution in [1.82, 2.24) is 5.32 Å². The van der Waals surface area contributed by atoms with Crippen LogP contribution >= 0.6 is 0 Å². The van der Waals surface area contributed by atoms with Gasteiger partial charge >= 0.3 is 0 Å². The Labute approximate surface area is 104 Å². The largest absolute Gasteiger partial charge is 0.398 e. The van der Waals surface area contributed by atoms with Crippen molar-refractivity contribution >= 4 is 21.4 Å². The first kappa shape index (κ1) is 12.8. The summed E-state index contributed by atoms with van der Waals surface area (Å²) in [6, 6.07) is 3.15. The number of nitrogens with two attached hydrogens (primary N) is 1. The fraction of sp³-hybridized carbons (Fsp3) is 0.364. The Morgan fingerprint density at radius 3 is 2.72 bits per heavy atom. The van der Waals surface area contributed by atoms with Crippen LogP contribution in [0.1, 0.15) is 12.8 Å². The predicted octanol–water partition coefficient (Wildman–Crippen LogP) is 0.460. The van der Waals surface area contributed by atoms with Crippen molar-refractivity contribution in [2.45, 2.75) is 23.8 Å². The van der Waals surface area contributed by atoms with Crippen LogP contribution < -0.4 is 11.1 Å². The maximum atomic E-state index is 13.0.